The number of carboxylic acids is 1. The number of benzene rings is 1. The Labute approximate surface area is 106 Å². The molecular formula is C12H9BrN2O2. The number of rotatable bonds is 3. The zero-order valence-electron chi connectivity index (χ0n) is 8.80. The molecule has 0 saturated heterocycles. The highest BCUT2D eigenvalue weighted by Gasteiger charge is 2.08. The number of carboxylic acid groups (broad SMARTS) is 1. The van der Waals surface area contributed by atoms with Gasteiger partial charge in [0.15, 0.2) is 5.82 Å². The second kappa shape index (κ2) is 5.05. The van der Waals surface area contributed by atoms with Crippen molar-refractivity contribution in [3.05, 3.63) is 47.8 Å². The van der Waals surface area contributed by atoms with Gasteiger partial charge in [-0.25, -0.2) is 14.8 Å². The summed E-state index contributed by atoms with van der Waals surface area (Å²) in [6.45, 7) is 0. The minimum absolute atomic E-state index is 0.0880. The first kappa shape index (κ1) is 11.7. The van der Waals surface area contributed by atoms with Crippen molar-refractivity contribution in [2.45, 2.75) is 5.33 Å². The Bertz CT molecular complexity index is 540. The van der Waals surface area contributed by atoms with Gasteiger partial charge in [0.1, 0.15) is 0 Å². The molecule has 4 nitrogen and oxygen atoms in total. The third-order valence-electron chi connectivity index (χ3n) is 2.30. The van der Waals surface area contributed by atoms with Crippen molar-refractivity contribution in [2.24, 2.45) is 0 Å². The molecule has 1 heterocycles. The second-order valence-electron chi connectivity index (χ2n) is 3.39. The summed E-state index contributed by atoms with van der Waals surface area (Å²) in [4.78, 5) is 18.8. The zero-order valence-corrected chi connectivity index (χ0v) is 10.4. The van der Waals surface area contributed by atoms with Gasteiger partial charge >= 0.3 is 5.97 Å². The standard InChI is InChI=1S/C12H9BrN2O2/c13-5-8-3-1-2-4-10(8)11-14-6-9(7-15-11)12(16)17/h1-4,6-7H,5H2,(H,16,17). The van der Waals surface area contributed by atoms with E-state index in [1.165, 1.54) is 12.4 Å². The lowest BCUT2D eigenvalue weighted by Gasteiger charge is -2.05. The lowest BCUT2D eigenvalue weighted by Crippen LogP contribution is -2.00. The molecular weight excluding hydrogens is 284 g/mol. The van der Waals surface area contributed by atoms with E-state index < -0.39 is 5.97 Å². The van der Waals surface area contributed by atoms with E-state index in [2.05, 4.69) is 25.9 Å². The molecule has 0 spiro atoms. The number of hydrogen-bond donors (Lipinski definition) is 1. The molecule has 0 radical (unpaired) electrons. The first-order valence-electron chi connectivity index (χ1n) is 4.92. The monoisotopic (exact) mass is 292 g/mol. The fraction of sp³-hybridized carbons (Fsp3) is 0.0833. The molecule has 0 saturated carbocycles. The Morgan fingerprint density at radius 1 is 1.24 bits per heavy atom. The normalized spacial score (nSPS) is 10.2. The Morgan fingerprint density at radius 3 is 2.47 bits per heavy atom. The number of hydrogen-bond acceptors (Lipinski definition) is 3. The van der Waals surface area contributed by atoms with Crippen LogP contribution in [0.15, 0.2) is 36.7 Å². The number of carbonyl (C=O) groups is 1. The first-order chi connectivity index (χ1) is 8.22. The number of alkyl halides is 1. The van der Waals surface area contributed by atoms with Crippen molar-refractivity contribution in [3.63, 3.8) is 0 Å². The minimum atomic E-state index is -1.02. The molecule has 0 aliphatic rings. The molecule has 1 N–H and O–H groups in total. The van der Waals surface area contributed by atoms with Crippen LogP contribution < -0.4 is 0 Å². The van der Waals surface area contributed by atoms with Crippen LogP contribution in [-0.2, 0) is 5.33 Å². The van der Waals surface area contributed by atoms with Crippen LogP contribution in [0.2, 0.25) is 0 Å². The Kier molecular flexibility index (Phi) is 3.49. The molecule has 0 amide bonds. The Morgan fingerprint density at radius 2 is 1.88 bits per heavy atom. The van der Waals surface area contributed by atoms with Gasteiger partial charge in [0.2, 0.25) is 0 Å². The highest BCUT2D eigenvalue weighted by atomic mass is 79.9. The van der Waals surface area contributed by atoms with Crippen LogP contribution in [0.1, 0.15) is 15.9 Å². The summed E-state index contributed by atoms with van der Waals surface area (Å²) in [6.07, 6.45) is 2.63. The molecule has 0 fully saturated rings. The van der Waals surface area contributed by atoms with Gasteiger partial charge in [-0.1, -0.05) is 40.2 Å². The summed E-state index contributed by atoms with van der Waals surface area (Å²) in [5.74, 6) is -0.490. The minimum Gasteiger partial charge on any atom is -0.478 e. The maximum absolute atomic E-state index is 10.7. The Hall–Kier alpha value is -1.75. The van der Waals surface area contributed by atoms with Crippen molar-refractivity contribution >= 4 is 21.9 Å². The fourth-order valence-corrected chi connectivity index (χ4v) is 1.92. The molecule has 2 rings (SSSR count). The molecule has 1 aromatic heterocycles. The smallest absolute Gasteiger partial charge is 0.338 e. The summed E-state index contributed by atoms with van der Waals surface area (Å²) >= 11 is 3.39. The number of halogens is 1. The fourth-order valence-electron chi connectivity index (χ4n) is 1.43. The Balaban J connectivity index is 2.43. The van der Waals surface area contributed by atoms with Gasteiger partial charge in [-0.3, -0.25) is 0 Å². The average Bonchev–Trinajstić information content (AvgIpc) is 2.39. The molecule has 86 valence electrons. The number of aromatic carboxylic acids is 1. The lowest BCUT2D eigenvalue weighted by atomic mass is 10.1. The van der Waals surface area contributed by atoms with Gasteiger partial charge in [-0.15, -0.1) is 0 Å². The molecule has 0 aliphatic carbocycles. The van der Waals surface area contributed by atoms with Crippen molar-refractivity contribution < 1.29 is 9.90 Å². The summed E-state index contributed by atoms with van der Waals surface area (Å²) in [5, 5.41) is 9.46. The third-order valence-corrected chi connectivity index (χ3v) is 2.91. The van der Waals surface area contributed by atoms with Gasteiger partial charge in [0.05, 0.1) is 5.56 Å². The SMILES string of the molecule is O=C(O)c1cnc(-c2ccccc2CBr)nc1. The summed E-state index contributed by atoms with van der Waals surface area (Å²) in [6, 6.07) is 7.71. The number of nitrogens with zero attached hydrogens (tertiary/aromatic N) is 2. The molecule has 0 atom stereocenters. The predicted octanol–water partition coefficient (Wildman–Crippen LogP) is 2.74. The maximum atomic E-state index is 10.7. The predicted molar refractivity (Wildman–Crippen MR) is 67.1 cm³/mol. The molecule has 17 heavy (non-hydrogen) atoms. The summed E-state index contributed by atoms with van der Waals surface area (Å²) < 4.78 is 0. The highest BCUT2D eigenvalue weighted by Crippen LogP contribution is 2.21. The quantitative estimate of drug-likeness (QED) is 0.884. The van der Waals surface area contributed by atoms with Crippen molar-refractivity contribution in [1.29, 1.82) is 0 Å². The van der Waals surface area contributed by atoms with E-state index in [-0.39, 0.29) is 5.56 Å². The van der Waals surface area contributed by atoms with Gasteiger partial charge in [0.25, 0.3) is 0 Å². The van der Waals surface area contributed by atoms with Crippen LogP contribution in [0.4, 0.5) is 0 Å². The third kappa shape index (κ3) is 2.50. The first-order valence-corrected chi connectivity index (χ1v) is 6.04. The van der Waals surface area contributed by atoms with Crippen LogP contribution in [0.3, 0.4) is 0 Å². The molecule has 5 heteroatoms. The van der Waals surface area contributed by atoms with E-state index in [0.717, 1.165) is 11.1 Å². The largest absolute Gasteiger partial charge is 0.478 e. The zero-order chi connectivity index (χ0) is 12.3. The molecule has 2 aromatic rings. The van der Waals surface area contributed by atoms with Crippen molar-refractivity contribution in [3.8, 4) is 11.4 Å². The highest BCUT2D eigenvalue weighted by molar-refractivity contribution is 9.08. The van der Waals surface area contributed by atoms with Crippen molar-refractivity contribution in [2.75, 3.05) is 0 Å². The van der Waals surface area contributed by atoms with Crippen LogP contribution in [0.5, 0.6) is 0 Å². The van der Waals surface area contributed by atoms with E-state index >= 15 is 0 Å². The van der Waals surface area contributed by atoms with E-state index in [0.29, 0.717) is 11.2 Å². The van der Waals surface area contributed by atoms with E-state index in [9.17, 15) is 4.79 Å². The number of aromatic nitrogens is 2. The molecule has 0 unspecified atom stereocenters. The van der Waals surface area contributed by atoms with Gasteiger partial charge in [-0.2, -0.15) is 0 Å². The van der Waals surface area contributed by atoms with E-state index in [1.807, 2.05) is 24.3 Å². The maximum Gasteiger partial charge on any atom is 0.338 e. The second-order valence-corrected chi connectivity index (χ2v) is 3.95. The average molecular weight is 293 g/mol. The van der Waals surface area contributed by atoms with Gasteiger partial charge in [-0.05, 0) is 5.56 Å². The van der Waals surface area contributed by atoms with Crippen molar-refractivity contribution in [1.82, 2.24) is 9.97 Å². The molecule has 0 aliphatic heterocycles. The summed E-state index contributed by atoms with van der Waals surface area (Å²) in [7, 11) is 0. The molecule has 0 bridgehead atoms. The van der Waals surface area contributed by atoms with E-state index in [4.69, 9.17) is 5.11 Å². The van der Waals surface area contributed by atoms with E-state index in [1.54, 1.807) is 0 Å². The van der Waals surface area contributed by atoms with Crippen LogP contribution in [0.25, 0.3) is 11.4 Å². The topological polar surface area (TPSA) is 63.1 Å². The molecule has 1 aromatic carbocycles. The summed E-state index contributed by atoms with van der Waals surface area (Å²) in [5.41, 5.74) is 2.06. The lowest BCUT2D eigenvalue weighted by molar-refractivity contribution is 0.0696. The van der Waals surface area contributed by atoms with Gasteiger partial charge < -0.3 is 5.11 Å². The van der Waals surface area contributed by atoms with Crippen LogP contribution in [-0.4, -0.2) is 21.0 Å². The van der Waals surface area contributed by atoms with Crippen LogP contribution >= 0.6 is 15.9 Å². The van der Waals surface area contributed by atoms with Crippen LogP contribution in [0, 0.1) is 0 Å². The van der Waals surface area contributed by atoms with Gasteiger partial charge in [0, 0.05) is 23.3 Å².